The summed E-state index contributed by atoms with van der Waals surface area (Å²) >= 11 is 1.50. The molecule has 0 saturated heterocycles. The largest absolute Gasteiger partial charge is 0.480 e. The molecule has 0 aliphatic heterocycles. The van der Waals surface area contributed by atoms with E-state index >= 15 is 0 Å². The highest BCUT2D eigenvalue weighted by Crippen LogP contribution is 2.24. The van der Waals surface area contributed by atoms with Gasteiger partial charge in [0.1, 0.15) is 6.04 Å². The van der Waals surface area contributed by atoms with Crippen LogP contribution >= 0.6 is 11.8 Å². The average molecular weight is 280 g/mol. The van der Waals surface area contributed by atoms with E-state index in [1.165, 1.54) is 17.8 Å². The predicted molar refractivity (Wildman–Crippen MR) is 76.6 cm³/mol. The number of anilines is 1. The standard InChI is InChI=1S/C13H16N2O3S/c1-3-6-10(12(16)17)15-13(18)14-9-7-4-5-8-11(9)19-2/h3-5,7-8,10H,1,6H2,2H3,(H,16,17)(H2,14,15,18). The lowest BCUT2D eigenvalue weighted by molar-refractivity contribution is -0.139. The molecule has 0 saturated carbocycles. The van der Waals surface area contributed by atoms with Gasteiger partial charge in [-0.2, -0.15) is 0 Å². The molecule has 1 aromatic rings. The lowest BCUT2D eigenvalue weighted by Gasteiger charge is -2.14. The topological polar surface area (TPSA) is 78.4 Å². The van der Waals surface area contributed by atoms with Crippen molar-refractivity contribution >= 4 is 29.4 Å². The smallest absolute Gasteiger partial charge is 0.326 e. The fourth-order valence-electron chi connectivity index (χ4n) is 1.45. The molecule has 19 heavy (non-hydrogen) atoms. The van der Waals surface area contributed by atoms with Crippen LogP contribution in [0.5, 0.6) is 0 Å². The molecule has 1 unspecified atom stereocenters. The number of carboxylic acids is 1. The van der Waals surface area contributed by atoms with Crippen LogP contribution in [-0.4, -0.2) is 29.4 Å². The number of para-hydroxylation sites is 1. The molecule has 0 bridgehead atoms. The number of aliphatic carboxylic acids is 1. The van der Waals surface area contributed by atoms with Gasteiger partial charge in [0.25, 0.3) is 0 Å². The summed E-state index contributed by atoms with van der Waals surface area (Å²) in [5.41, 5.74) is 0.648. The number of hydrogen-bond acceptors (Lipinski definition) is 3. The normalized spacial score (nSPS) is 11.4. The van der Waals surface area contributed by atoms with Crippen LogP contribution < -0.4 is 10.6 Å². The first kappa shape index (κ1) is 15.1. The van der Waals surface area contributed by atoms with Gasteiger partial charge in [-0.05, 0) is 24.8 Å². The number of amides is 2. The summed E-state index contributed by atoms with van der Waals surface area (Å²) < 4.78 is 0. The minimum absolute atomic E-state index is 0.174. The molecule has 0 aliphatic carbocycles. The fraction of sp³-hybridized carbons (Fsp3) is 0.231. The number of rotatable bonds is 6. The maximum absolute atomic E-state index is 11.7. The molecule has 0 heterocycles. The highest BCUT2D eigenvalue weighted by molar-refractivity contribution is 7.98. The van der Waals surface area contributed by atoms with Crippen LogP contribution in [0.3, 0.4) is 0 Å². The summed E-state index contributed by atoms with van der Waals surface area (Å²) in [5.74, 6) is -1.09. The van der Waals surface area contributed by atoms with E-state index in [1.807, 2.05) is 18.4 Å². The summed E-state index contributed by atoms with van der Waals surface area (Å²) in [4.78, 5) is 23.6. The van der Waals surface area contributed by atoms with E-state index in [0.29, 0.717) is 5.69 Å². The third-order valence-corrected chi connectivity index (χ3v) is 3.16. The SMILES string of the molecule is C=CCC(NC(=O)Nc1ccccc1SC)C(=O)O. The quantitative estimate of drug-likeness (QED) is 0.553. The van der Waals surface area contributed by atoms with Crippen LogP contribution in [0.2, 0.25) is 0 Å². The number of thioether (sulfide) groups is 1. The molecule has 0 aromatic heterocycles. The molecule has 3 N–H and O–H groups in total. The Morgan fingerprint density at radius 1 is 1.47 bits per heavy atom. The van der Waals surface area contributed by atoms with Gasteiger partial charge in [0.15, 0.2) is 0 Å². The van der Waals surface area contributed by atoms with E-state index < -0.39 is 18.0 Å². The molecular weight excluding hydrogens is 264 g/mol. The zero-order valence-corrected chi connectivity index (χ0v) is 11.4. The van der Waals surface area contributed by atoms with E-state index in [-0.39, 0.29) is 6.42 Å². The number of urea groups is 1. The molecule has 0 aliphatic rings. The Balaban J connectivity index is 2.68. The number of benzene rings is 1. The summed E-state index contributed by atoms with van der Waals surface area (Å²) in [6.07, 6.45) is 3.53. The maximum Gasteiger partial charge on any atom is 0.326 e. The van der Waals surface area contributed by atoms with Gasteiger partial charge in [0.05, 0.1) is 5.69 Å². The van der Waals surface area contributed by atoms with Crippen LogP contribution in [0, 0.1) is 0 Å². The lowest BCUT2D eigenvalue weighted by atomic mass is 10.2. The lowest BCUT2D eigenvalue weighted by Crippen LogP contribution is -2.42. The Morgan fingerprint density at radius 2 is 2.16 bits per heavy atom. The van der Waals surface area contributed by atoms with Gasteiger partial charge >= 0.3 is 12.0 Å². The van der Waals surface area contributed by atoms with Crippen molar-refractivity contribution < 1.29 is 14.7 Å². The Bertz CT molecular complexity index is 477. The van der Waals surface area contributed by atoms with Crippen molar-refractivity contribution in [3.63, 3.8) is 0 Å². The van der Waals surface area contributed by atoms with Crippen LogP contribution in [0.1, 0.15) is 6.42 Å². The third kappa shape index (κ3) is 4.67. The summed E-state index contributed by atoms with van der Waals surface area (Å²) in [6.45, 7) is 3.46. The monoisotopic (exact) mass is 280 g/mol. The van der Waals surface area contributed by atoms with Crippen molar-refractivity contribution in [2.75, 3.05) is 11.6 Å². The Labute approximate surface area is 116 Å². The number of hydrogen-bond donors (Lipinski definition) is 3. The number of carbonyl (C=O) groups excluding carboxylic acids is 1. The molecule has 0 spiro atoms. The first-order valence-electron chi connectivity index (χ1n) is 5.62. The Hall–Kier alpha value is -1.95. The van der Waals surface area contributed by atoms with Crippen LogP contribution in [0.25, 0.3) is 0 Å². The van der Waals surface area contributed by atoms with E-state index in [2.05, 4.69) is 17.2 Å². The van der Waals surface area contributed by atoms with Gasteiger partial charge in [0, 0.05) is 4.90 Å². The van der Waals surface area contributed by atoms with Gasteiger partial charge < -0.3 is 15.7 Å². The van der Waals surface area contributed by atoms with Crippen molar-refractivity contribution in [1.82, 2.24) is 5.32 Å². The minimum atomic E-state index is -1.09. The number of carboxylic acid groups (broad SMARTS) is 1. The van der Waals surface area contributed by atoms with Crippen molar-refractivity contribution in [1.29, 1.82) is 0 Å². The van der Waals surface area contributed by atoms with Crippen molar-refractivity contribution in [2.24, 2.45) is 0 Å². The zero-order chi connectivity index (χ0) is 14.3. The molecule has 2 amide bonds. The first-order chi connectivity index (χ1) is 9.08. The van der Waals surface area contributed by atoms with E-state index in [0.717, 1.165) is 4.90 Å². The molecule has 0 fully saturated rings. The van der Waals surface area contributed by atoms with Gasteiger partial charge in [-0.15, -0.1) is 18.3 Å². The molecule has 1 rings (SSSR count). The second-order valence-corrected chi connectivity index (χ2v) is 4.56. The van der Waals surface area contributed by atoms with Crippen molar-refractivity contribution in [2.45, 2.75) is 17.4 Å². The summed E-state index contributed by atoms with van der Waals surface area (Å²) in [6, 6.07) is 5.78. The molecule has 102 valence electrons. The Kier molecular flexibility index (Phi) is 5.95. The first-order valence-corrected chi connectivity index (χ1v) is 6.85. The second kappa shape index (κ2) is 7.48. The zero-order valence-electron chi connectivity index (χ0n) is 10.6. The molecular formula is C13H16N2O3S. The summed E-state index contributed by atoms with van der Waals surface area (Å²) in [7, 11) is 0. The summed E-state index contributed by atoms with van der Waals surface area (Å²) in [5, 5.41) is 13.9. The third-order valence-electron chi connectivity index (χ3n) is 2.36. The predicted octanol–water partition coefficient (Wildman–Crippen LogP) is 2.56. The van der Waals surface area contributed by atoms with E-state index in [9.17, 15) is 9.59 Å². The molecule has 1 aromatic carbocycles. The highest BCUT2D eigenvalue weighted by atomic mass is 32.2. The molecule has 0 radical (unpaired) electrons. The van der Waals surface area contributed by atoms with Gasteiger partial charge in [0.2, 0.25) is 0 Å². The maximum atomic E-state index is 11.7. The molecule has 5 nitrogen and oxygen atoms in total. The fourth-order valence-corrected chi connectivity index (χ4v) is 2.01. The van der Waals surface area contributed by atoms with Crippen LogP contribution in [0.4, 0.5) is 10.5 Å². The average Bonchev–Trinajstić information content (AvgIpc) is 2.38. The van der Waals surface area contributed by atoms with Crippen molar-refractivity contribution in [3.8, 4) is 0 Å². The minimum Gasteiger partial charge on any atom is -0.480 e. The second-order valence-electron chi connectivity index (χ2n) is 3.71. The van der Waals surface area contributed by atoms with Crippen molar-refractivity contribution in [3.05, 3.63) is 36.9 Å². The van der Waals surface area contributed by atoms with Gasteiger partial charge in [-0.1, -0.05) is 18.2 Å². The number of carbonyl (C=O) groups is 2. The van der Waals surface area contributed by atoms with Gasteiger partial charge in [-0.25, -0.2) is 9.59 Å². The highest BCUT2D eigenvalue weighted by Gasteiger charge is 2.18. The van der Waals surface area contributed by atoms with E-state index in [1.54, 1.807) is 12.1 Å². The molecule has 1 atom stereocenters. The van der Waals surface area contributed by atoms with Crippen LogP contribution in [-0.2, 0) is 4.79 Å². The number of nitrogens with one attached hydrogen (secondary N) is 2. The molecule has 6 heteroatoms. The Morgan fingerprint density at radius 3 is 2.74 bits per heavy atom. The van der Waals surface area contributed by atoms with Gasteiger partial charge in [-0.3, -0.25) is 0 Å². The van der Waals surface area contributed by atoms with Crippen LogP contribution in [0.15, 0.2) is 41.8 Å². The van der Waals surface area contributed by atoms with E-state index in [4.69, 9.17) is 5.11 Å².